The molecule has 4 N–H and O–H groups in total. The lowest BCUT2D eigenvalue weighted by atomic mass is 10.1. The smallest absolute Gasteiger partial charge is 0.279 e. The summed E-state index contributed by atoms with van der Waals surface area (Å²) in [5, 5.41) is 22.2. The van der Waals surface area contributed by atoms with Crippen LogP contribution in [0.1, 0.15) is 15.9 Å². The van der Waals surface area contributed by atoms with E-state index in [0.29, 0.717) is 22.4 Å². The Labute approximate surface area is 175 Å². The van der Waals surface area contributed by atoms with Crippen LogP contribution in [0.25, 0.3) is 11.0 Å². The molecule has 9 heteroatoms. The number of rotatable bonds is 7. The molecular weight excluding hydrogens is 475 g/mol. The summed E-state index contributed by atoms with van der Waals surface area (Å²) < 4.78 is 2.93. The van der Waals surface area contributed by atoms with Crippen LogP contribution >= 0.6 is 22.6 Å². The monoisotopic (exact) mass is 496 g/mol. The Bertz CT molecular complexity index is 1010. The molecule has 1 atom stereocenters. The Kier molecular flexibility index (Phi) is 6.50. The highest BCUT2D eigenvalue weighted by Crippen LogP contribution is 2.31. The quantitative estimate of drug-likeness (QED) is 0.295. The molecule has 148 valence electrons. The van der Waals surface area contributed by atoms with Gasteiger partial charge in [-0.2, -0.15) is 0 Å². The number of nitrogens with one attached hydrogen (secondary N) is 2. The maximum atomic E-state index is 12.8. The van der Waals surface area contributed by atoms with E-state index in [2.05, 4.69) is 38.4 Å². The van der Waals surface area contributed by atoms with Crippen molar-refractivity contribution in [1.82, 2.24) is 15.0 Å². The fourth-order valence-corrected chi connectivity index (χ4v) is 3.49. The molecule has 0 aliphatic heterocycles. The van der Waals surface area contributed by atoms with Gasteiger partial charge < -0.3 is 20.1 Å². The van der Waals surface area contributed by atoms with E-state index in [1.165, 1.54) is 0 Å². The minimum atomic E-state index is -1.07. The van der Waals surface area contributed by atoms with Crippen LogP contribution in [0.15, 0.2) is 36.5 Å². The van der Waals surface area contributed by atoms with Gasteiger partial charge in [0.1, 0.15) is 24.2 Å². The number of aromatic nitrogens is 2. The number of halogens is 1. The highest BCUT2D eigenvalue weighted by molar-refractivity contribution is 14.1. The number of aryl methyl sites for hydroxylation is 2. The topological polar surface area (TPSA) is 109 Å². The lowest BCUT2D eigenvalue weighted by Gasteiger charge is -2.14. The highest BCUT2D eigenvalue weighted by atomic mass is 127. The number of hydrogen-bond acceptors (Lipinski definition) is 6. The molecule has 2 heterocycles. The lowest BCUT2D eigenvalue weighted by molar-refractivity contribution is -0.0294. The predicted molar refractivity (Wildman–Crippen MR) is 114 cm³/mol. The van der Waals surface area contributed by atoms with E-state index in [-0.39, 0.29) is 6.61 Å². The molecule has 1 aromatic carbocycles. The number of pyridine rings is 1. The van der Waals surface area contributed by atoms with Gasteiger partial charge in [-0.15, -0.1) is 0 Å². The molecule has 3 aromatic rings. The second-order valence-corrected chi connectivity index (χ2v) is 7.57. The summed E-state index contributed by atoms with van der Waals surface area (Å²) in [6, 6.07) is 9.55. The predicted octanol–water partition coefficient (Wildman–Crippen LogP) is 2.24. The summed E-state index contributed by atoms with van der Waals surface area (Å²) in [6.45, 7) is 1.32. The number of fused-ring (bicyclic) bond motifs is 1. The summed E-state index contributed by atoms with van der Waals surface area (Å²) >= 11 is 2.25. The van der Waals surface area contributed by atoms with Crippen molar-refractivity contribution in [2.75, 3.05) is 18.5 Å². The van der Waals surface area contributed by atoms with Crippen LogP contribution in [0.4, 0.5) is 11.5 Å². The Morgan fingerprint density at radius 1 is 1.39 bits per heavy atom. The fraction of sp³-hybridized carbons (Fsp3) is 0.263. The minimum Gasteiger partial charge on any atom is -0.394 e. The third-order valence-corrected chi connectivity index (χ3v) is 4.94. The average molecular weight is 496 g/mol. The van der Waals surface area contributed by atoms with E-state index < -0.39 is 18.6 Å². The maximum absolute atomic E-state index is 12.8. The number of aliphatic hydroxyl groups is 2. The number of hydrogen-bond donors (Lipinski definition) is 4. The first-order chi connectivity index (χ1) is 13.4. The van der Waals surface area contributed by atoms with E-state index in [1.807, 2.05) is 42.8 Å². The molecule has 0 radical (unpaired) electrons. The Hall–Kier alpha value is -2.21. The van der Waals surface area contributed by atoms with Gasteiger partial charge in [-0.3, -0.25) is 9.63 Å². The third kappa shape index (κ3) is 4.27. The van der Waals surface area contributed by atoms with Crippen molar-refractivity contribution in [3.05, 3.63) is 51.2 Å². The summed E-state index contributed by atoms with van der Waals surface area (Å²) in [7, 11) is 1.83. The third-order valence-electron chi connectivity index (χ3n) is 4.27. The molecule has 0 fully saturated rings. The van der Waals surface area contributed by atoms with Gasteiger partial charge in [0.2, 0.25) is 0 Å². The first-order valence-corrected chi connectivity index (χ1v) is 9.68. The number of nitrogens with zero attached hydrogens (tertiary/aromatic N) is 2. The van der Waals surface area contributed by atoms with E-state index in [1.54, 1.807) is 12.3 Å². The number of hydroxylamine groups is 1. The van der Waals surface area contributed by atoms with Crippen molar-refractivity contribution < 1.29 is 19.8 Å². The average Bonchev–Trinajstić information content (AvgIpc) is 2.96. The number of carbonyl (C=O) groups excluding carboxylic acids is 1. The van der Waals surface area contributed by atoms with Crippen LogP contribution in [0.5, 0.6) is 0 Å². The molecule has 0 spiro atoms. The first kappa shape index (κ1) is 20.5. The molecule has 2 aromatic heterocycles. The minimum absolute atomic E-state index is 0.218. The standard InChI is InChI=1S/C19H21IN4O4/c1-11-8-12(20)5-6-15(11)22-18-16(19(27)23-28-10-13(26)9-25)14-4-3-7-21-17(14)24(18)2/h3-8,13,22,25-26H,9-10H2,1-2H3,(H,23,27)/t13-/m0/s1. The number of carbonyl (C=O) groups is 1. The largest absolute Gasteiger partial charge is 0.394 e. The van der Waals surface area contributed by atoms with Crippen molar-refractivity contribution in [2.24, 2.45) is 7.05 Å². The van der Waals surface area contributed by atoms with E-state index in [0.717, 1.165) is 14.8 Å². The number of aliphatic hydroxyl groups excluding tert-OH is 2. The van der Waals surface area contributed by atoms with E-state index >= 15 is 0 Å². The molecular formula is C19H21IN4O4. The maximum Gasteiger partial charge on any atom is 0.279 e. The Morgan fingerprint density at radius 2 is 2.18 bits per heavy atom. The molecule has 3 rings (SSSR count). The summed E-state index contributed by atoms with van der Waals surface area (Å²) in [5.41, 5.74) is 5.26. The van der Waals surface area contributed by atoms with Crippen molar-refractivity contribution in [3.63, 3.8) is 0 Å². The Balaban J connectivity index is 1.98. The van der Waals surface area contributed by atoms with Crippen molar-refractivity contribution in [2.45, 2.75) is 13.0 Å². The highest BCUT2D eigenvalue weighted by Gasteiger charge is 2.23. The van der Waals surface area contributed by atoms with Crippen molar-refractivity contribution in [1.29, 1.82) is 0 Å². The van der Waals surface area contributed by atoms with Gasteiger partial charge >= 0.3 is 0 Å². The molecule has 0 bridgehead atoms. The van der Waals surface area contributed by atoms with Crippen LogP contribution in [0, 0.1) is 10.5 Å². The van der Waals surface area contributed by atoms with Crippen LogP contribution in [-0.2, 0) is 11.9 Å². The van der Waals surface area contributed by atoms with Gasteiger partial charge in [0.05, 0.1) is 12.2 Å². The van der Waals surface area contributed by atoms with Crippen LogP contribution in [0.3, 0.4) is 0 Å². The summed E-state index contributed by atoms with van der Waals surface area (Å²) in [5.74, 6) is 0.0937. The molecule has 0 unspecified atom stereocenters. The second-order valence-electron chi connectivity index (χ2n) is 6.32. The van der Waals surface area contributed by atoms with Gasteiger partial charge in [0, 0.05) is 27.9 Å². The van der Waals surface area contributed by atoms with Gasteiger partial charge in [-0.1, -0.05) is 0 Å². The van der Waals surface area contributed by atoms with Gasteiger partial charge in [0.25, 0.3) is 5.91 Å². The zero-order chi connectivity index (χ0) is 20.3. The van der Waals surface area contributed by atoms with Crippen molar-refractivity contribution in [3.8, 4) is 0 Å². The molecule has 0 saturated carbocycles. The molecule has 28 heavy (non-hydrogen) atoms. The number of amides is 1. The normalized spacial score (nSPS) is 12.2. The molecule has 0 aliphatic rings. The number of benzene rings is 1. The van der Waals surface area contributed by atoms with E-state index in [4.69, 9.17) is 9.94 Å². The number of anilines is 2. The zero-order valence-corrected chi connectivity index (χ0v) is 17.6. The SMILES string of the molecule is Cc1cc(I)ccc1Nc1c(C(=O)NOC[C@@H](O)CO)c2cccnc2n1C. The molecule has 0 saturated heterocycles. The van der Waals surface area contributed by atoms with E-state index in [9.17, 15) is 9.90 Å². The van der Waals surface area contributed by atoms with Crippen molar-refractivity contribution >= 4 is 51.0 Å². The molecule has 0 aliphatic carbocycles. The summed E-state index contributed by atoms with van der Waals surface area (Å²) in [6.07, 6.45) is 0.597. The second kappa shape index (κ2) is 8.86. The van der Waals surface area contributed by atoms with Gasteiger partial charge in [-0.25, -0.2) is 10.5 Å². The van der Waals surface area contributed by atoms with Crippen LogP contribution < -0.4 is 10.8 Å². The molecule has 1 amide bonds. The van der Waals surface area contributed by atoms with Crippen LogP contribution in [-0.4, -0.2) is 45.0 Å². The summed E-state index contributed by atoms with van der Waals surface area (Å²) in [4.78, 5) is 22.2. The van der Waals surface area contributed by atoms with Gasteiger partial charge in [-0.05, 0) is 65.4 Å². The van der Waals surface area contributed by atoms with Crippen LogP contribution in [0.2, 0.25) is 0 Å². The zero-order valence-electron chi connectivity index (χ0n) is 15.4. The van der Waals surface area contributed by atoms with Gasteiger partial charge in [0.15, 0.2) is 0 Å². The lowest BCUT2D eigenvalue weighted by Crippen LogP contribution is -2.30. The Morgan fingerprint density at radius 3 is 2.89 bits per heavy atom. The fourth-order valence-electron chi connectivity index (χ4n) is 2.84. The first-order valence-electron chi connectivity index (χ1n) is 8.60. The molecule has 8 nitrogen and oxygen atoms in total.